The van der Waals surface area contributed by atoms with Crippen LogP contribution in [0.5, 0.6) is 5.75 Å². The standard InChI is InChI=1S/C21H18N2O2/c1-13-10-15(8-9-19(13)25-3)11-16(12-22)21(24)20-14(2)23-18-7-5-4-6-17(18)20/h4-11,23H,1-3H3/b16-11+. The number of allylic oxidation sites excluding steroid dienone is 1. The number of nitriles is 1. The molecule has 0 saturated carbocycles. The maximum Gasteiger partial charge on any atom is 0.205 e. The van der Waals surface area contributed by atoms with Gasteiger partial charge in [0.2, 0.25) is 5.78 Å². The Morgan fingerprint density at radius 3 is 2.64 bits per heavy atom. The molecule has 3 rings (SSSR count). The zero-order valence-corrected chi connectivity index (χ0v) is 14.4. The van der Waals surface area contributed by atoms with Crippen molar-refractivity contribution in [3.8, 4) is 11.8 Å². The van der Waals surface area contributed by atoms with Crippen molar-refractivity contribution in [2.24, 2.45) is 0 Å². The highest BCUT2D eigenvalue weighted by Crippen LogP contribution is 2.26. The average Bonchev–Trinajstić information content (AvgIpc) is 2.95. The van der Waals surface area contributed by atoms with E-state index in [-0.39, 0.29) is 11.4 Å². The molecule has 0 amide bonds. The minimum atomic E-state index is -0.272. The van der Waals surface area contributed by atoms with E-state index in [0.29, 0.717) is 5.56 Å². The fourth-order valence-electron chi connectivity index (χ4n) is 3.01. The molecule has 4 heteroatoms. The number of nitrogens with zero attached hydrogens (tertiary/aromatic N) is 1. The zero-order valence-electron chi connectivity index (χ0n) is 14.4. The second kappa shape index (κ2) is 6.66. The number of Topliss-reactive ketones (excluding diaryl/α,β-unsaturated/α-hetero) is 1. The van der Waals surface area contributed by atoms with E-state index in [4.69, 9.17) is 4.74 Å². The molecule has 1 N–H and O–H groups in total. The van der Waals surface area contributed by atoms with Crippen LogP contribution >= 0.6 is 0 Å². The van der Waals surface area contributed by atoms with Crippen molar-refractivity contribution in [1.82, 2.24) is 4.98 Å². The van der Waals surface area contributed by atoms with E-state index >= 15 is 0 Å². The third kappa shape index (κ3) is 3.05. The van der Waals surface area contributed by atoms with Gasteiger partial charge in [-0.05, 0) is 49.2 Å². The Kier molecular flexibility index (Phi) is 4.40. The number of rotatable bonds is 4. The van der Waals surface area contributed by atoms with E-state index in [9.17, 15) is 10.1 Å². The van der Waals surface area contributed by atoms with Crippen molar-refractivity contribution in [2.45, 2.75) is 13.8 Å². The first kappa shape index (κ1) is 16.5. The summed E-state index contributed by atoms with van der Waals surface area (Å²) in [6.45, 7) is 3.77. The number of aryl methyl sites for hydroxylation is 2. The van der Waals surface area contributed by atoms with Crippen molar-refractivity contribution in [3.05, 3.63) is 70.4 Å². The van der Waals surface area contributed by atoms with E-state index in [2.05, 4.69) is 4.98 Å². The molecule has 124 valence electrons. The summed E-state index contributed by atoms with van der Waals surface area (Å²) in [5.74, 6) is 0.500. The zero-order chi connectivity index (χ0) is 18.0. The van der Waals surface area contributed by atoms with Crippen LogP contribution in [0.25, 0.3) is 17.0 Å². The van der Waals surface area contributed by atoms with Crippen LogP contribution in [-0.4, -0.2) is 17.9 Å². The Bertz CT molecular complexity index is 1040. The van der Waals surface area contributed by atoms with Crippen molar-refractivity contribution >= 4 is 22.8 Å². The van der Waals surface area contributed by atoms with E-state index in [1.807, 2.05) is 62.4 Å². The van der Waals surface area contributed by atoms with Crippen molar-refractivity contribution in [2.75, 3.05) is 7.11 Å². The van der Waals surface area contributed by atoms with Crippen LogP contribution in [-0.2, 0) is 0 Å². The summed E-state index contributed by atoms with van der Waals surface area (Å²) in [5.41, 5.74) is 4.05. The van der Waals surface area contributed by atoms with Gasteiger partial charge in [0.05, 0.1) is 12.7 Å². The van der Waals surface area contributed by atoms with E-state index in [0.717, 1.165) is 33.5 Å². The molecule has 3 aromatic rings. The Hall–Kier alpha value is -3.32. The lowest BCUT2D eigenvalue weighted by molar-refractivity contribution is 0.104. The largest absolute Gasteiger partial charge is 0.496 e. The van der Waals surface area contributed by atoms with Crippen LogP contribution < -0.4 is 4.74 Å². The van der Waals surface area contributed by atoms with Gasteiger partial charge >= 0.3 is 0 Å². The molecular formula is C21H18N2O2. The lowest BCUT2D eigenvalue weighted by atomic mass is 9.99. The Labute approximate surface area is 146 Å². The topological polar surface area (TPSA) is 65.9 Å². The van der Waals surface area contributed by atoms with Gasteiger partial charge in [-0.2, -0.15) is 5.26 Å². The van der Waals surface area contributed by atoms with Gasteiger partial charge in [0, 0.05) is 16.6 Å². The number of aromatic nitrogens is 1. The predicted molar refractivity (Wildman–Crippen MR) is 98.7 cm³/mol. The number of methoxy groups -OCH3 is 1. The molecule has 0 saturated heterocycles. The number of benzene rings is 2. The Balaban J connectivity index is 2.06. The number of ether oxygens (including phenoxy) is 1. The number of carbonyl (C=O) groups is 1. The molecule has 0 unspecified atom stereocenters. The van der Waals surface area contributed by atoms with Crippen LogP contribution in [0.1, 0.15) is 27.2 Å². The SMILES string of the molecule is COc1ccc(/C=C(\C#N)C(=O)c2c(C)[nH]c3ccccc23)cc1C. The lowest BCUT2D eigenvalue weighted by Gasteiger charge is -2.05. The molecule has 0 fully saturated rings. The first-order chi connectivity index (χ1) is 12.0. The lowest BCUT2D eigenvalue weighted by Crippen LogP contribution is -2.03. The van der Waals surface area contributed by atoms with Crippen molar-refractivity contribution < 1.29 is 9.53 Å². The number of ketones is 1. The number of hydrogen-bond acceptors (Lipinski definition) is 3. The highest BCUT2D eigenvalue weighted by Gasteiger charge is 2.19. The number of fused-ring (bicyclic) bond motifs is 1. The van der Waals surface area contributed by atoms with Gasteiger partial charge in [0.15, 0.2) is 0 Å². The molecule has 0 aliphatic rings. The fraction of sp³-hybridized carbons (Fsp3) is 0.143. The average molecular weight is 330 g/mol. The monoisotopic (exact) mass is 330 g/mol. The molecule has 0 spiro atoms. The van der Waals surface area contributed by atoms with Gasteiger partial charge in [-0.25, -0.2) is 0 Å². The molecule has 0 aliphatic heterocycles. The maximum absolute atomic E-state index is 12.9. The summed E-state index contributed by atoms with van der Waals surface area (Å²) in [6.07, 6.45) is 1.62. The molecule has 0 radical (unpaired) electrons. The van der Waals surface area contributed by atoms with Gasteiger partial charge in [-0.15, -0.1) is 0 Å². The van der Waals surface area contributed by atoms with Gasteiger partial charge in [0.25, 0.3) is 0 Å². The molecule has 0 bridgehead atoms. The highest BCUT2D eigenvalue weighted by molar-refractivity contribution is 6.20. The number of aromatic amines is 1. The first-order valence-electron chi connectivity index (χ1n) is 7.93. The van der Waals surface area contributed by atoms with Crippen LogP contribution in [0.15, 0.2) is 48.0 Å². The normalized spacial score (nSPS) is 11.4. The molecule has 25 heavy (non-hydrogen) atoms. The number of hydrogen-bond donors (Lipinski definition) is 1. The van der Waals surface area contributed by atoms with Crippen LogP contribution in [0, 0.1) is 25.2 Å². The molecule has 1 aromatic heterocycles. The fourth-order valence-corrected chi connectivity index (χ4v) is 3.01. The van der Waals surface area contributed by atoms with E-state index in [1.165, 1.54) is 0 Å². The van der Waals surface area contributed by atoms with Crippen LogP contribution in [0.2, 0.25) is 0 Å². The molecule has 2 aromatic carbocycles. The van der Waals surface area contributed by atoms with Gasteiger partial charge in [0.1, 0.15) is 17.4 Å². The molecular weight excluding hydrogens is 312 g/mol. The van der Waals surface area contributed by atoms with Gasteiger partial charge in [-0.3, -0.25) is 4.79 Å². The second-order valence-corrected chi connectivity index (χ2v) is 5.90. The Morgan fingerprint density at radius 1 is 1.20 bits per heavy atom. The quantitative estimate of drug-likeness (QED) is 0.432. The second-order valence-electron chi connectivity index (χ2n) is 5.90. The summed E-state index contributed by atoms with van der Waals surface area (Å²) in [5, 5.41) is 10.3. The molecule has 4 nitrogen and oxygen atoms in total. The Morgan fingerprint density at radius 2 is 1.96 bits per heavy atom. The molecule has 1 heterocycles. The summed E-state index contributed by atoms with van der Waals surface area (Å²) in [7, 11) is 1.61. The maximum atomic E-state index is 12.9. The minimum absolute atomic E-state index is 0.109. The first-order valence-corrected chi connectivity index (χ1v) is 7.93. The molecule has 0 atom stereocenters. The van der Waals surface area contributed by atoms with Crippen molar-refractivity contribution in [3.63, 3.8) is 0 Å². The summed E-state index contributed by atoms with van der Waals surface area (Å²) >= 11 is 0. The van der Waals surface area contributed by atoms with Gasteiger partial charge < -0.3 is 9.72 Å². The smallest absolute Gasteiger partial charge is 0.205 e. The van der Waals surface area contributed by atoms with E-state index < -0.39 is 0 Å². The third-order valence-electron chi connectivity index (χ3n) is 4.22. The van der Waals surface area contributed by atoms with Crippen molar-refractivity contribution in [1.29, 1.82) is 5.26 Å². The number of H-pyrrole nitrogens is 1. The van der Waals surface area contributed by atoms with Crippen LogP contribution in [0.3, 0.4) is 0 Å². The number of para-hydroxylation sites is 1. The van der Waals surface area contributed by atoms with E-state index in [1.54, 1.807) is 13.2 Å². The third-order valence-corrected chi connectivity index (χ3v) is 4.22. The number of nitrogens with one attached hydrogen (secondary N) is 1. The van der Waals surface area contributed by atoms with Crippen LogP contribution in [0.4, 0.5) is 0 Å². The van der Waals surface area contributed by atoms with Gasteiger partial charge in [-0.1, -0.05) is 24.3 Å². The highest BCUT2D eigenvalue weighted by atomic mass is 16.5. The summed E-state index contributed by atoms with van der Waals surface area (Å²) < 4.78 is 5.24. The minimum Gasteiger partial charge on any atom is -0.496 e. The summed E-state index contributed by atoms with van der Waals surface area (Å²) in [4.78, 5) is 16.1. The summed E-state index contributed by atoms with van der Waals surface area (Å²) in [6, 6.07) is 15.2. The number of carbonyl (C=O) groups excluding carboxylic acids is 1. The predicted octanol–water partition coefficient (Wildman–Crippen LogP) is 4.58. The molecule has 0 aliphatic carbocycles.